The van der Waals surface area contributed by atoms with Crippen molar-refractivity contribution < 1.29 is 13.9 Å². The quantitative estimate of drug-likeness (QED) is 0.909. The number of nitrogens with zero attached hydrogens (tertiary/aromatic N) is 1. The molecule has 0 saturated carbocycles. The highest BCUT2D eigenvalue weighted by atomic mass is 19.1. The minimum absolute atomic E-state index is 0.0569. The molecule has 1 aliphatic heterocycles. The number of rotatable bonds is 3. The lowest BCUT2D eigenvalue weighted by Gasteiger charge is -2.23. The van der Waals surface area contributed by atoms with Crippen LogP contribution in [0.3, 0.4) is 0 Å². The number of likely N-dealkylation sites (tertiary alicyclic amines) is 1. The molecule has 19 heavy (non-hydrogen) atoms. The summed E-state index contributed by atoms with van der Waals surface area (Å²) in [5.41, 5.74) is 5.82. The zero-order valence-electron chi connectivity index (χ0n) is 11.0. The number of nitrogens with two attached hydrogens (primary N) is 1. The molecule has 2 atom stereocenters. The topological polar surface area (TPSA) is 55.6 Å². The summed E-state index contributed by atoms with van der Waals surface area (Å²) in [4.78, 5) is 13.3. The summed E-state index contributed by atoms with van der Waals surface area (Å²) in [6.07, 6.45) is -1.58. The molecule has 1 saturated heterocycles. The van der Waals surface area contributed by atoms with E-state index in [2.05, 4.69) is 0 Å². The fourth-order valence-electron chi connectivity index (χ4n) is 2.16. The van der Waals surface area contributed by atoms with Crippen molar-refractivity contribution in [2.24, 2.45) is 11.1 Å². The van der Waals surface area contributed by atoms with E-state index in [0.29, 0.717) is 6.54 Å². The Morgan fingerprint density at radius 2 is 2.21 bits per heavy atom. The Kier molecular flexibility index (Phi) is 4.04. The second kappa shape index (κ2) is 5.57. The monoisotopic (exact) mass is 266 g/mol. The van der Waals surface area contributed by atoms with Crippen molar-refractivity contribution in [2.45, 2.75) is 19.7 Å². The Morgan fingerprint density at radius 1 is 1.53 bits per heavy atom. The standard InChI is InChI=1S/C14H19FN2O2/c1-14(9-16)10-17(7-12(14)15)13(18)19-8-11-5-3-2-4-6-11/h2-6,12H,7-10,16H2,1H3. The van der Waals surface area contributed by atoms with Crippen LogP contribution in [0.2, 0.25) is 0 Å². The zero-order valence-corrected chi connectivity index (χ0v) is 11.0. The molecule has 5 heteroatoms. The predicted molar refractivity (Wildman–Crippen MR) is 70.3 cm³/mol. The van der Waals surface area contributed by atoms with Crippen LogP contribution in [0.1, 0.15) is 12.5 Å². The van der Waals surface area contributed by atoms with Gasteiger partial charge in [-0.15, -0.1) is 0 Å². The smallest absolute Gasteiger partial charge is 0.410 e. The largest absolute Gasteiger partial charge is 0.445 e. The van der Waals surface area contributed by atoms with Crippen molar-refractivity contribution in [3.8, 4) is 0 Å². The lowest BCUT2D eigenvalue weighted by molar-refractivity contribution is 0.100. The Morgan fingerprint density at radius 3 is 2.79 bits per heavy atom. The van der Waals surface area contributed by atoms with Gasteiger partial charge in [0.15, 0.2) is 0 Å². The van der Waals surface area contributed by atoms with Crippen LogP contribution in [0.4, 0.5) is 9.18 Å². The van der Waals surface area contributed by atoms with Gasteiger partial charge >= 0.3 is 6.09 Å². The predicted octanol–water partition coefficient (Wildman–Crippen LogP) is 1.94. The van der Waals surface area contributed by atoms with Gasteiger partial charge in [-0.05, 0) is 5.56 Å². The van der Waals surface area contributed by atoms with Crippen molar-refractivity contribution in [2.75, 3.05) is 19.6 Å². The van der Waals surface area contributed by atoms with E-state index in [-0.39, 0.29) is 19.7 Å². The van der Waals surface area contributed by atoms with Crippen molar-refractivity contribution in [3.05, 3.63) is 35.9 Å². The number of hydrogen-bond donors (Lipinski definition) is 1. The molecule has 1 amide bonds. The molecule has 0 aliphatic carbocycles. The van der Waals surface area contributed by atoms with Crippen LogP contribution in [-0.2, 0) is 11.3 Å². The Labute approximate surface area is 112 Å². The van der Waals surface area contributed by atoms with Gasteiger partial charge in [-0.25, -0.2) is 9.18 Å². The third-order valence-corrected chi connectivity index (χ3v) is 3.62. The second-order valence-electron chi connectivity index (χ2n) is 5.25. The lowest BCUT2D eigenvalue weighted by atomic mass is 9.88. The fraction of sp³-hybridized carbons (Fsp3) is 0.500. The molecule has 104 valence electrons. The van der Waals surface area contributed by atoms with Gasteiger partial charge in [-0.3, -0.25) is 0 Å². The zero-order chi connectivity index (χ0) is 13.9. The van der Waals surface area contributed by atoms with Gasteiger partial charge in [-0.2, -0.15) is 0 Å². The van der Waals surface area contributed by atoms with Crippen molar-refractivity contribution in [3.63, 3.8) is 0 Å². The van der Waals surface area contributed by atoms with Crippen molar-refractivity contribution in [1.29, 1.82) is 0 Å². The van der Waals surface area contributed by atoms with Crippen LogP contribution in [0.15, 0.2) is 30.3 Å². The SMILES string of the molecule is CC1(CN)CN(C(=O)OCc2ccccc2)CC1F. The van der Waals surface area contributed by atoms with Crippen LogP contribution < -0.4 is 5.73 Å². The molecule has 2 rings (SSSR count). The van der Waals surface area contributed by atoms with Gasteiger partial charge in [-0.1, -0.05) is 37.3 Å². The summed E-state index contributed by atoms with van der Waals surface area (Å²) in [7, 11) is 0. The molecular weight excluding hydrogens is 247 g/mol. The lowest BCUT2D eigenvalue weighted by Crippen LogP contribution is -2.37. The highest BCUT2D eigenvalue weighted by Crippen LogP contribution is 2.32. The minimum atomic E-state index is -1.10. The first-order valence-corrected chi connectivity index (χ1v) is 6.35. The van der Waals surface area contributed by atoms with Gasteiger partial charge in [0.05, 0.1) is 6.54 Å². The maximum atomic E-state index is 13.8. The molecule has 2 N–H and O–H groups in total. The van der Waals surface area contributed by atoms with Gasteiger partial charge in [0, 0.05) is 18.5 Å². The number of carbonyl (C=O) groups excluding carboxylic acids is 1. The molecule has 0 radical (unpaired) electrons. The maximum absolute atomic E-state index is 13.8. The van der Waals surface area contributed by atoms with Crippen molar-refractivity contribution in [1.82, 2.24) is 4.90 Å². The third kappa shape index (κ3) is 3.04. The molecule has 4 nitrogen and oxygen atoms in total. The average molecular weight is 266 g/mol. The van der Waals surface area contributed by atoms with E-state index in [1.54, 1.807) is 6.92 Å². The number of hydrogen-bond acceptors (Lipinski definition) is 3. The van der Waals surface area contributed by atoms with Gasteiger partial charge < -0.3 is 15.4 Å². The Balaban J connectivity index is 1.88. The summed E-state index contributed by atoms with van der Waals surface area (Å²) in [6, 6.07) is 9.40. The second-order valence-corrected chi connectivity index (χ2v) is 5.25. The Hall–Kier alpha value is -1.62. The number of ether oxygens (including phenoxy) is 1. The minimum Gasteiger partial charge on any atom is -0.445 e. The summed E-state index contributed by atoms with van der Waals surface area (Å²) >= 11 is 0. The highest BCUT2D eigenvalue weighted by Gasteiger charge is 2.44. The number of carbonyl (C=O) groups is 1. The highest BCUT2D eigenvalue weighted by molar-refractivity contribution is 5.68. The van der Waals surface area contributed by atoms with E-state index in [4.69, 9.17) is 10.5 Å². The first-order chi connectivity index (χ1) is 9.05. The number of alkyl halides is 1. The van der Waals surface area contributed by atoms with E-state index in [9.17, 15) is 9.18 Å². The third-order valence-electron chi connectivity index (χ3n) is 3.62. The van der Waals surface area contributed by atoms with Crippen LogP contribution in [0, 0.1) is 5.41 Å². The normalized spacial score (nSPS) is 26.5. The van der Waals surface area contributed by atoms with Gasteiger partial charge in [0.1, 0.15) is 12.8 Å². The summed E-state index contributed by atoms with van der Waals surface area (Å²) in [5, 5.41) is 0. The molecule has 0 aromatic heterocycles. The number of benzene rings is 1. The molecule has 1 aromatic rings. The molecule has 0 spiro atoms. The molecule has 2 unspecified atom stereocenters. The molecular formula is C14H19FN2O2. The van der Waals surface area contributed by atoms with E-state index >= 15 is 0 Å². The van der Waals surface area contributed by atoms with Crippen LogP contribution >= 0.6 is 0 Å². The van der Waals surface area contributed by atoms with Crippen LogP contribution in [0.25, 0.3) is 0 Å². The molecule has 1 aromatic carbocycles. The van der Waals surface area contributed by atoms with Gasteiger partial charge in [0.2, 0.25) is 0 Å². The number of halogens is 1. The molecule has 1 heterocycles. The van der Waals surface area contributed by atoms with E-state index < -0.39 is 17.7 Å². The molecule has 0 bridgehead atoms. The summed E-state index contributed by atoms with van der Waals surface area (Å²) < 4.78 is 19.0. The maximum Gasteiger partial charge on any atom is 0.410 e. The van der Waals surface area contributed by atoms with Gasteiger partial charge in [0.25, 0.3) is 0 Å². The number of amides is 1. The van der Waals surface area contributed by atoms with Crippen LogP contribution in [0.5, 0.6) is 0 Å². The van der Waals surface area contributed by atoms with Crippen molar-refractivity contribution >= 4 is 6.09 Å². The first-order valence-electron chi connectivity index (χ1n) is 6.35. The van der Waals surface area contributed by atoms with Crippen LogP contribution in [-0.4, -0.2) is 36.8 Å². The Bertz CT molecular complexity index is 440. The molecule has 1 aliphatic rings. The first kappa shape index (κ1) is 13.8. The molecule has 1 fully saturated rings. The summed E-state index contributed by atoms with van der Waals surface area (Å²) in [5.74, 6) is 0. The summed E-state index contributed by atoms with van der Waals surface area (Å²) in [6.45, 7) is 2.53. The fourth-order valence-corrected chi connectivity index (χ4v) is 2.16. The van der Waals surface area contributed by atoms with E-state index in [1.807, 2.05) is 30.3 Å². The average Bonchev–Trinajstić information content (AvgIpc) is 2.74. The van der Waals surface area contributed by atoms with E-state index in [1.165, 1.54) is 4.90 Å². The van der Waals surface area contributed by atoms with E-state index in [0.717, 1.165) is 5.56 Å².